The van der Waals surface area contributed by atoms with E-state index in [9.17, 15) is 9.59 Å². The van der Waals surface area contributed by atoms with E-state index in [4.69, 9.17) is 9.47 Å². The fraction of sp³-hybridized carbons (Fsp3) is 0.400. The first-order chi connectivity index (χ1) is 26.8. The summed E-state index contributed by atoms with van der Waals surface area (Å²) in [6, 6.07) is 40.0. The summed E-state index contributed by atoms with van der Waals surface area (Å²) in [6.45, 7) is 13.8. The van der Waals surface area contributed by atoms with Gasteiger partial charge in [-0.3, -0.25) is 0 Å². The van der Waals surface area contributed by atoms with Gasteiger partial charge in [-0.2, -0.15) is 0 Å². The number of anilines is 2. The van der Waals surface area contributed by atoms with Crippen molar-refractivity contribution in [2.45, 2.75) is 65.5 Å². The second-order valence-electron chi connectivity index (χ2n) is 17.6. The van der Waals surface area contributed by atoms with E-state index in [0.29, 0.717) is 23.7 Å². The summed E-state index contributed by atoms with van der Waals surface area (Å²) in [4.78, 5) is 27.0. The molecule has 0 aromatic heterocycles. The number of hydrogen-bond donors (Lipinski definition) is 2. The summed E-state index contributed by atoms with van der Waals surface area (Å²) in [6.07, 6.45) is 6.90. The Hall–Kier alpha value is -5.10. The molecule has 4 aromatic carbocycles. The zero-order chi connectivity index (χ0) is 39.9. The fourth-order valence-electron chi connectivity index (χ4n) is 11.1. The summed E-state index contributed by atoms with van der Waals surface area (Å²) in [5.41, 5.74) is 4.92. The lowest BCUT2D eigenvalue weighted by atomic mass is 9.43. The van der Waals surface area contributed by atoms with Crippen LogP contribution in [-0.2, 0) is 30.1 Å². The predicted octanol–water partition coefficient (Wildman–Crippen LogP) is 10.8. The van der Waals surface area contributed by atoms with E-state index in [-0.39, 0.29) is 34.6 Å². The molecule has 4 aromatic rings. The van der Waals surface area contributed by atoms with Crippen molar-refractivity contribution < 1.29 is 19.1 Å². The molecule has 6 heteroatoms. The molecule has 6 aliphatic carbocycles. The normalized spacial score (nSPS) is 27.0. The topological polar surface area (TPSA) is 76.7 Å². The number of allylic oxidation sites excluding steroid dienone is 2. The number of carbonyl (C=O) groups is 2. The number of esters is 2. The Morgan fingerprint density at radius 1 is 0.536 bits per heavy atom. The average Bonchev–Trinajstić information content (AvgIpc) is 3.22. The van der Waals surface area contributed by atoms with Crippen LogP contribution in [-0.4, -0.2) is 26.2 Å². The van der Waals surface area contributed by atoms with E-state index in [0.717, 1.165) is 35.3 Å². The number of nitrogens with one attached hydrogen (secondary N) is 2. The highest BCUT2D eigenvalue weighted by molar-refractivity contribution is 5.88. The second-order valence-corrected chi connectivity index (χ2v) is 17.6. The molecule has 0 amide bonds. The maximum absolute atomic E-state index is 13.5. The summed E-state index contributed by atoms with van der Waals surface area (Å²) in [5, 5.41) is 7.25. The predicted molar refractivity (Wildman–Crippen MR) is 226 cm³/mol. The van der Waals surface area contributed by atoms with Crippen LogP contribution in [0.4, 0.5) is 11.4 Å². The van der Waals surface area contributed by atoms with Crippen molar-refractivity contribution in [3.05, 3.63) is 156 Å². The van der Waals surface area contributed by atoms with E-state index < -0.39 is 11.1 Å². The molecule has 0 spiro atoms. The number of para-hydroxylation sites is 2. The van der Waals surface area contributed by atoms with Crippen molar-refractivity contribution >= 4 is 23.3 Å². The van der Waals surface area contributed by atoms with Gasteiger partial charge in [0, 0.05) is 23.2 Å². The molecule has 0 heterocycles. The van der Waals surface area contributed by atoms with Crippen LogP contribution in [0.5, 0.6) is 0 Å². The average molecular weight is 751 g/mol. The van der Waals surface area contributed by atoms with Crippen LogP contribution in [0.15, 0.2) is 145 Å². The Morgan fingerprint density at radius 3 is 1.11 bits per heavy atom. The third-order valence-corrected chi connectivity index (χ3v) is 14.2. The maximum atomic E-state index is 13.5. The maximum Gasteiger partial charge on any atom is 0.336 e. The first-order valence-corrected chi connectivity index (χ1v) is 20.1. The zero-order valence-corrected chi connectivity index (χ0v) is 34.2. The van der Waals surface area contributed by atoms with Gasteiger partial charge in [0.15, 0.2) is 11.1 Å². The van der Waals surface area contributed by atoms with Gasteiger partial charge in [-0.05, 0) is 96.6 Å². The molecule has 2 saturated carbocycles. The molecule has 4 bridgehead atoms. The standard InChI is InChI=1S/2C25H29NO2/c2*1-17-15-22(21-16-20(17)24(21,2)3)25(23(27)28-4,18-11-7-5-8-12-18)26-19-13-9-6-10-14-19/h2*5-15,20-22,26H,16H2,1-4H3/t2*20-,21+,22+,25+/m00/s1. The quantitative estimate of drug-likeness (QED) is 0.124. The number of carbonyl (C=O) groups excluding carboxylic acids is 2. The lowest BCUT2D eigenvalue weighted by Gasteiger charge is -2.62. The van der Waals surface area contributed by atoms with Gasteiger partial charge in [-0.1, -0.05) is 148 Å². The van der Waals surface area contributed by atoms with E-state index in [1.54, 1.807) is 0 Å². The summed E-state index contributed by atoms with van der Waals surface area (Å²) < 4.78 is 10.9. The number of ether oxygens (including phenoxy) is 2. The van der Waals surface area contributed by atoms with Crippen LogP contribution in [0.1, 0.15) is 65.5 Å². The zero-order valence-electron chi connectivity index (χ0n) is 34.2. The second kappa shape index (κ2) is 15.1. The van der Waals surface area contributed by atoms with E-state index in [2.05, 4.69) is 64.3 Å². The number of methoxy groups -OCH3 is 2. The Balaban J connectivity index is 0.000000172. The third kappa shape index (κ3) is 6.35. The monoisotopic (exact) mass is 750 g/mol. The van der Waals surface area contributed by atoms with Crippen LogP contribution in [0.25, 0.3) is 0 Å². The Bertz CT molecular complexity index is 1930. The Kier molecular flexibility index (Phi) is 10.6. The van der Waals surface area contributed by atoms with Gasteiger partial charge in [0.1, 0.15) is 0 Å². The lowest BCUT2D eigenvalue weighted by molar-refractivity contribution is -0.154. The molecule has 6 nitrogen and oxygen atoms in total. The van der Waals surface area contributed by atoms with Crippen LogP contribution in [0, 0.1) is 46.3 Å². The first-order valence-electron chi connectivity index (χ1n) is 20.1. The SMILES string of the molecule is COC(=O)[C@@](Nc1ccccc1)(c1ccccc1)[C@@H]1C=C(C)[C@@H]2C[C@H]1C2(C)C.COC(=O)[C@@](Nc1ccccc1)(c1ccccc1)[C@@H]1C=C(C)[C@@H]2C[C@H]1C2(C)C. The highest BCUT2D eigenvalue weighted by Gasteiger charge is 2.63. The van der Waals surface area contributed by atoms with Gasteiger partial charge < -0.3 is 20.1 Å². The highest BCUT2D eigenvalue weighted by atomic mass is 16.5. The molecule has 6 aliphatic rings. The third-order valence-electron chi connectivity index (χ3n) is 14.2. The van der Waals surface area contributed by atoms with Gasteiger partial charge in [0.2, 0.25) is 0 Å². The van der Waals surface area contributed by atoms with Crippen molar-refractivity contribution in [2.24, 2.45) is 46.3 Å². The van der Waals surface area contributed by atoms with Crippen molar-refractivity contribution in [1.29, 1.82) is 0 Å². The highest BCUT2D eigenvalue weighted by Crippen LogP contribution is 2.66. The molecule has 0 radical (unpaired) electrons. The lowest BCUT2D eigenvalue weighted by Crippen LogP contribution is -2.61. The van der Waals surface area contributed by atoms with E-state index >= 15 is 0 Å². The Labute approximate surface area is 333 Å². The van der Waals surface area contributed by atoms with Gasteiger partial charge in [-0.25, -0.2) is 9.59 Å². The molecular formula is C50H58N2O4. The molecule has 2 fully saturated rings. The summed E-state index contributed by atoms with van der Waals surface area (Å²) in [5.74, 6) is 1.60. The minimum atomic E-state index is -0.966. The van der Waals surface area contributed by atoms with Gasteiger partial charge >= 0.3 is 11.9 Å². The van der Waals surface area contributed by atoms with Crippen LogP contribution < -0.4 is 10.6 Å². The Morgan fingerprint density at radius 2 is 0.839 bits per heavy atom. The minimum absolute atomic E-state index is 0.0163. The molecule has 2 N–H and O–H groups in total. The molecule has 10 rings (SSSR count). The van der Waals surface area contributed by atoms with Crippen molar-refractivity contribution in [3.8, 4) is 0 Å². The largest absolute Gasteiger partial charge is 0.467 e. The first kappa shape index (κ1) is 39.1. The smallest absolute Gasteiger partial charge is 0.336 e. The minimum Gasteiger partial charge on any atom is -0.467 e. The van der Waals surface area contributed by atoms with Crippen molar-refractivity contribution in [3.63, 3.8) is 0 Å². The van der Waals surface area contributed by atoms with Crippen LogP contribution >= 0.6 is 0 Å². The van der Waals surface area contributed by atoms with Crippen LogP contribution in [0.3, 0.4) is 0 Å². The summed E-state index contributed by atoms with van der Waals surface area (Å²) >= 11 is 0. The fourth-order valence-corrected chi connectivity index (χ4v) is 11.1. The number of rotatable bonds is 10. The molecule has 0 aliphatic heterocycles. The molecule has 0 saturated heterocycles. The molecule has 292 valence electrons. The number of benzene rings is 4. The van der Waals surface area contributed by atoms with Gasteiger partial charge in [0.05, 0.1) is 14.2 Å². The van der Waals surface area contributed by atoms with Crippen LogP contribution in [0.2, 0.25) is 0 Å². The summed E-state index contributed by atoms with van der Waals surface area (Å²) in [7, 11) is 2.97. The van der Waals surface area contributed by atoms with Gasteiger partial charge in [0.25, 0.3) is 0 Å². The van der Waals surface area contributed by atoms with E-state index in [1.165, 1.54) is 25.4 Å². The molecule has 8 atom stereocenters. The van der Waals surface area contributed by atoms with E-state index in [1.807, 2.05) is 121 Å². The van der Waals surface area contributed by atoms with Crippen molar-refractivity contribution in [1.82, 2.24) is 0 Å². The number of fused-ring (bicyclic) bond motifs is 2. The number of hydrogen-bond acceptors (Lipinski definition) is 6. The molecule has 0 unspecified atom stereocenters. The van der Waals surface area contributed by atoms with Crippen molar-refractivity contribution in [2.75, 3.05) is 24.9 Å². The molecule has 56 heavy (non-hydrogen) atoms. The molecular weight excluding hydrogens is 693 g/mol. The van der Waals surface area contributed by atoms with Gasteiger partial charge in [-0.15, -0.1) is 0 Å².